The summed E-state index contributed by atoms with van der Waals surface area (Å²) in [5.41, 5.74) is 0. The molecule has 0 bridgehead atoms. The van der Waals surface area contributed by atoms with Crippen LogP contribution in [0.25, 0.3) is 0 Å². The number of nitrogens with zero attached hydrogens (tertiary/aromatic N) is 1. The monoisotopic (exact) mass is 248 g/mol. The first-order valence-corrected chi connectivity index (χ1v) is 7.22. The molecule has 1 unspecified atom stereocenters. The predicted molar refractivity (Wildman–Crippen MR) is 62.4 cm³/mol. The van der Waals surface area contributed by atoms with E-state index in [-0.39, 0.29) is 11.7 Å². The molecule has 5 nitrogen and oxygen atoms in total. The number of hydrogen-bond acceptors (Lipinski definition) is 3. The highest BCUT2D eigenvalue weighted by Gasteiger charge is 2.33. The van der Waals surface area contributed by atoms with E-state index >= 15 is 0 Å². The zero-order chi connectivity index (χ0) is 12.3. The molecule has 1 N–H and O–H groups in total. The van der Waals surface area contributed by atoms with E-state index in [1.54, 1.807) is 6.92 Å². The van der Waals surface area contributed by atoms with Crippen LogP contribution in [0.1, 0.15) is 27.2 Å². The van der Waals surface area contributed by atoms with E-state index in [4.69, 9.17) is 0 Å². The summed E-state index contributed by atoms with van der Waals surface area (Å²) in [5.74, 6) is 0.269. The Balaban J connectivity index is 2.70. The molecule has 0 aromatic rings. The van der Waals surface area contributed by atoms with Crippen LogP contribution in [0.5, 0.6) is 0 Å². The summed E-state index contributed by atoms with van der Waals surface area (Å²) < 4.78 is 25.3. The maximum Gasteiger partial charge on any atom is 0.238 e. The molecule has 0 saturated carbocycles. The Kier molecular flexibility index (Phi) is 4.32. The normalized spacial score (nSPS) is 23.5. The van der Waals surface area contributed by atoms with Crippen LogP contribution in [0.4, 0.5) is 0 Å². The van der Waals surface area contributed by atoms with Gasteiger partial charge < -0.3 is 5.32 Å². The second-order valence-electron chi connectivity index (χ2n) is 4.58. The fourth-order valence-electron chi connectivity index (χ4n) is 1.64. The molecular weight excluding hydrogens is 228 g/mol. The van der Waals surface area contributed by atoms with Crippen molar-refractivity contribution in [3.63, 3.8) is 0 Å². The molecule has 0 aliphatic carbocycles. The maximum absolute atomic E-state index is 12.0. The van der Waals surface area contributed by atoms with Crippen molar-refractivity contribution < 1.29 is 13.2 Å². The van der Waals surface area contributed by atoms with Crippen LogP contribution < -0.4 is 5.32 Å². The van der Waals surface area contributed by atoms with Gasteiger partial charge in [0, 0.05) is 13.1 Å². The number of sulfonamides is 1. The fourth-order valence-corrected chi connectivity index (χ4v) is 3.59. The number of nitrogens with one attached hydrogen (secondary N) is 1. The summed E-state index contributed by atoms with van der Waals surface area (Å²) in [6.45, 7) is 6.39. The van der Waals surface area contributed by atoms with Gasteiger partial charge in [-0.1, -0.05) is 13.8 Å². The largest absolute Gasteiger partial charge is 0.353 e. The van der Waals surface area contributed by atoms with Gasteiger partial charge in [-0.2, -0.15) is 4.31 Å². The lowest BCUT2D eigenvalue weighted by Crippen LogP contribution is -2.56. The van der Waals surface area contributed by atoms with Gasteiger partial charge in [-0.15, -0.1) is 0 Å². The molecule has 94 valence electrons. The van der Waals surface area contributed by atoms with E-state index in [9.17, 15) is 13.2 Å². The summed E-state index contributed by atoms with van der Waals surface area (Å²) >= 11 is 0. The average molecular weight is 248 g/mol. The van der Waals surface area contributed by atoms with Crippen LogP contribution in [0.2, 0.25) is 0 Å². The lowest BCUT2D eigenvalue weighted by atomic mass is 10.2. The Hall–Kier alpha value is -0.620. The Morgan fingerprint density at radius 2 is 2.12 bits per heavy atom. The van der Waals surface area contributed by atoms with Gasteiger partial charge in [0.05, 0.1) is 5.75 Å². The second kappa shape index (κ2) is 5.14. The van der Waals surface area contributed by atoms with Crippen LogP contribution in [-0.4, -0.2) is 43.5 Å². The molecule has 16 heavy (non-hydrogen) atoms. The highest BCUT2D eigenvalue weighted by molar-refractivity contribution is 7.89. The molecular formula is C10H20N2O3S. The predicted octanol–water partition coefficient (Wildman–Crippen LogP) is 0.183. The second-order valence-corrected chi connectivity index (χ2v) is 6.62. The summed E-state index contributed by atoms with van der Waals surface area (Å²) in [7, 11) is -3.29. The quantitative estimate of drug-likeness (QED) is 0.772. The number of carbonyl (C=O) groups excluding carboxylic acids is 1. The number of carbonyl (C=O) groups is 1. The first-order chi connectivity index (χ1) is 7.34. The highest BCUT2D eigenvalue weighted by Crippen LogP contribution is 2.13. The van der Waals surface area contributed by atoms with Crippen molar-refractivity contribution >= 4 is 15.9 Å². The van der Waals surface area contributed by atoms with Crippen molar-refractivity contribution in [1.29, 1.82) is 0 Å². The number of piperazine rings is 1. The molecule has 1 rings (SSSR count). The third-order valence-corrected chi connectivity index (χ3v) is 4.72. The SMILES string of the molecule is CC(C)CCS(=O)(=O)N1CCNC(=O)C1C. The third kappa shape index (κ3) is 3.18. The van der Waals surface area contributed by atoms with Crippen LogP contribution in [0, 0.1) is 5.92 Å². The van der Waals surface area contributed by atoms with Crippen LogP contribution in [0.15, 0.2) is 0 Å². The van der Waals surface area contributed by atoms with Gasteiger partial charge in [0.1, 0.15) is 6.04 Å². The minimum absolute atomic E-state index is 0.127. The molecule has 1 aliphatic heterocycles. The van der Waals surface area contributed by atoms with Gasteiger partial charge in [0.15, 0.2) is 0 Å². The van der Waals surface area contributed by atoms with Crippen molar-refractivity contribution in [2.75, 3.05) is 18.8 Å². The van der Waals surface area contributed by atoms with Gasteiger partial charge in [-0.05, 0) is 19.3 Å². The molecule has 1 heterocycles. The van der Waals surface area contributed by atoms with Gasteiger partial charge in [0.2, 0.25) is 15.9 Å². The Morgan fingerprint density at radius 3 is 2.69 bits per heavy atom. The molecule has 0 aromatic carbocycles. The standard InChI is InChI=1S/C10H20N2O3S/c1-8(2)4-7-16(14,15)12-6-5-11-10(13)9(12)3/h8-9H,4-7H2,1-3H3,(H,11,13). The van der Waals surface area contributed by atoms with Crippen LogP contribution in [0.3, 0.4) is 0 Å². The van der Waals surface area contributed by atoms with Gasteiger partial charge in [-0.25, -0.2) is 8.42 Å². The Morgan fingerprint density at radius 1 is 1.50 bits per heavy atom. The van der Waals surface area contributed by atoms with E-state index in [2.05, 4.69) is 5.32 Å². The van der Waals surface area contributed by atoms with Crippen molar-refractivity contribution in [2.24, 2.45) is 5.92 Å². The summed E-state index contributed by atoms with van der Waals surface area (Å²) in [6.07, 6.45) is 0.632. The van der Waals surface area contributed by atoms with E-state index in [0.29, 0.717) is 25.4 Å². The molecule has 1 aliphatic rings. The van der Waals surface area contributed by atoms with Crippen LogP contribution >= 0.6 is 0 Å². The molecule has 6 heteroatoms. The Bertz CT molecular complexity index is 351. The van der Waals surface area contributed by atoms with Crippen molar-refractivity contribution in [1.82, 2.24) is 9.62 Å². The highest BCUT2D eigenvalue weighted by atomic mass is 32.2. The average Bonchev–Trinajstić information content (AvgIpc) is 2.19. The van der Waals surface area contributed by atoms with Crippen molar-refractivity contribution in [2.45, 2.75) is 33.2 Å². The Labute approximate surface area is 97.2 Å². The molecule has 1 atom stereocenters. The minimum Gasteiger partial charge on any atom is -0.353 e. The van der Waals surface area contributed by atoms with Crippen molar-refractivity contribution in [3.05, 3.63) is 0 Å². The zero-order valence-electron chi connectivity index (χ0n) is 10.1. The van der Waals surface area contributed by atoms with Gasteiger partial charge in [0.25, 0.3) is 0 Å². The minimum atomic E-state index is -3.29. The molecule has 0 aromatic heterocycles. The first-order valence-electron chi connectivity index (χ1n) is 5.62. The maximum atomic E-state index is 12.0. The van der Waals surface area contributed by atoms with Gasteiger partial charge in [-0.3, -0.25) is 4.79 Å². The number of hydrogen-bond donors (Lipinski definition) is 1. The topological polar surface area (TPSA) is 66.5 Å². The van der Waals surface area contributed by atoms with E-state index in [1.165, 1.54) is 4.31 Å². The molecule has 0 radical (unpaired) electrons. The molecule has 1 fully saturated rings. The summed E-state index contributed by atoms with van der Waals surface area (Å²) in [5, 5.41) is 2.65. The first kappa shape index (κ1) is 13.4. The van der Waals surface area contributed by atoms with E-state index < -0.39 is 16.1 Å². The summed E-state index contributed by atoms with van der Waals surface area (Å²) in [6, 6.07) is -0.578. The molecule has 1 saturated heterocycles. The number of rotatable bonds is 4. The zero-order valence-corrected chi connectivity index (χ0v) is 10.9. The van der Waals surface area contributed by atoms with Crippen LogP contribution in [-0.2, 0) is 14.8 Å². The van der Waals surface area contributed by atoms with E-state index in [0.717, 1.165) is 0 Å². The molecule has 0 spiro atoms. The lowest BCUT2D eigenvalue weighted by Gasteiger charge is -2.31. The van der Waals surface area contributed by atoms with Crippen molar-refractivity contribution in [3.8, 4) is 0 Å². The van der Waals surface area contributed by atoms with E-state index in [1.807, 2.05) is 13.8 Å². The smallest absolute Gasteiger partial charge is 0.238 e. The third-order valence-electron chi connectivity index (χ3n) is 2.75. The fraction of sp³-hybridized carbons (Fsp3) is 0.900. The summed E-state index contributed by atoms with van der Waals surface area (Å²) in [4.78, 5) is 11.4. The van der Waals surface area contributed by atoms with Gasteiger partial charge >= 0.3 is 0 Å². The molecule has 1 amide bonds. The lowest BCUT2D eigenvalue weighted by molar-refractivity contribution is -0.126. The number of amides is 1.